The van der Waals surface area contributed by atoms with Crippen LogP contribution in [0.15, 0.2) is 44.5 Å². The van der Waals surface area contributed by atoms with Gasteiger partial charge in [0.15, 0.2) is 0 Å². The molecule has 8 heteroatoms. The summed E-state index contributed by atoms with van der Waals surface area (Å²) in [5.74, 6) is 0. The van der Waals surface area contributed by atoms with Crippen LogP contribution in [-0.4, -0.2) is 9.13 Å². The van der Waals surface area contributed by atoms with Crippen LogP contribution >= 0.6 is 15.9 Å². The van der Waals surface area contributed by atoms with E-state index < -0.39 is 23.0 Å². The molecule has 0 aliphatic rings. The Morgan fingerprint density at radius 3 is 2.45 bits per heavy atom. The summed E-state index contributed by atoms with van der Waals surface area (Å²) < 4.78 is 39.8. The second-order valence-electron chi connectivity index (χ2n) is 4.04. The van der Waals surface area contributed by atoms with Gasteiger partial charge in [-0.3, -0.25) is 13.9 Å². The van der Waals surface area contributed by atoms with Gasteiger partial charge < -0.3 is 0 Å². The molecule has 1 aromatic heterocycles. The topological polar surface area (TPSA) is 44.0 Å². The van der Waals surface area contributed by atoms with Crippen molar-refractivity contribution in [3.05, 3.63) is 61.3 Å². The van der Waals surface area contributed by atoms with Crippen LogP contribution in [0.1, 0.15) is 5.56 Å². The Bertz CT molecular complexity index is 777. The van der Waals surface area contributed by atoms with E-state index in [-0.39, 0.29) is 10.2 Å². The zero-order chi connectivity index (χ0) is 15.1. The third-order valence-corrected chi connectivity index (χ3v) is 3.24. The molecule has 0 aliphatic carbocycles. The highest BCUT2D eigenvalue weighted by atomic mass is 79.9. The molecular weight excluding hydrogens is 341 g/mol. The predicted octanol–water partition coefficient (Wildman–Crippen LogP) is 2.32. The summed E-state index contributed by atoms with van der Waals surface area (Å²) in [4.78, 5) is 23.4. The van der Waals surface area contributed by atoms with E-state index in [0.717, 1.165) is 27.5 Å². The van der Waals surface area contributed by atoms with Gasteiger partial charge in [0.25, 0.3) is 5.56 Å². The van der Waals surface area contributed by atoms with E-state index in [9.17, 15) is 22.8 Å². The minimum absolute atomic E-state index is 0.0288. The second kappa shape index (κ2) is 4.93. The molecule has 106 valence electrons. The van der Waals surface area contributed by atoms with Crippen molar-refractivity contribution in [3.8, 4) is 5.69 Å². The van der Waals surface area contributed by atoms with Gasteiger partial charge in [-0.2, -0.15) is 13.2 Å². The number of nitrogens with zero attached hydrogens (tertiary/aromatic N) is 2. The van der Waals surface area contributed by atoms with E-state index in [1.54, 1.807) is 0 Å². The monoisotopic (exact) mass is 348 g/mol. The lowest BCUT2D eigenvalue weighted by Gasteiger charge is -2.11. The third kappa shape index (κ3) is 2.55. The lowest BCUT2D eigenvalue weighted by atomic mass is 10.2. The van der Waals surface area contributed by atoms with Gasteiger partial charge in [-0.1, -0.05) is 6.07 Å². The molecule has 0 saturated heterocycles. The van der Waals surface area contributed by atoms with Crippen molar-refractivity contribution in [2.24, 2.45) is 7.05 Å². The maximum atomic E-state index is 12.7. The Morgan fingerprint density at radius 2 is 1.85 bits per heavy atom. The smallest absolute Gasteiger partial charge is 0.268 e. The van der Waals surface area contributed by atoms with Crippen molar-refractivity contribution in [1.82, 2.24) is 9.13 Å². The van der Waals surface area contributed by atoms with E-state index in [1.165, 1.54) is 19.2 Å². The number of halogens is 4. The normalized spacial score (nSPS) is 11.7. The van der Waals surface area contributed by atoms with Crippen LogP contribution in [0, 0.1) is 0 Å². The first-order chi connectivity index (χ1) is 9.21. The summed E-state index contributed by atoms with van der Waals surface area (Å²) in [5, 5.41) is 0. The van der Waals surface area contributed by atoms with Gasteiger partial charge >= 0.3 is 11.9 Å². The lowest BCUT2D eigenvalue weighted by molar-refractivity contribution is -0.137. The van der Waals surface area contributed by atoms with E-state index in [4.69, 9.17) is 0 Å². The molecule has 0 bridgehead atoms. The fraction of sp³-hybridized carbons (Fsp3) is 0.167. The second-order valence-corrected chi connectivity index (χ2v) is 4.90. The maximum Gasteiger partial charge on any atom is 0.416 e. The molecule has 20 heavy (non-hydrogen) atoms. The zero-order valence-electron chi connectivity index (χ0n) is 10.1. The third-order valence-electron chi connectivity index (χ3n) is 2.70. The number of hydrogen-bond donors (Lipinski definition) is 0. The van der Waals surface area contributed by atoms with E-state index in [0.29, 0.717) is 0 Å². The van der Waals surface area contributed by atoms with Crippen LogP contribution in [0.5, 0.6) is 0 Å². The van der Waals surface area contributed by atoms with Gasteiger partial charge in [-0.05, 0) is 34.1 Å². The SMILES string of the molecule is Cn1c(=O)c(Br)cn(-c2cccc(C(F)(F)F)c2)c1=O. The predicted molar refractivity (Wildman–Crippen MR) is 70.0 cm³/mol. The molecule has 0 unspecified atom stereocenters. The first kappa shape index (κ1) is 14.6. The minimum Gasteiger partial charge on any atom is -0.268 e. The molecule has 1 aromatic carbocycles. The molecule has 0 radical (unpaired) electrons. The number of benzene rings is 1. The standard InChI is InChI=1S/C12H8BrF3N2O2/c1-17-10(19)9(13)6-18(11(17)20)8-4-2-3-7(5-8)12(14,15)16/h2-6H,1H3. The molecule has 0 N–H and O–H groups in total. The van der Waals surface area contributed by atoms with Crippen LogP contribution in [0.3, 0.4) is 0 Å². The minimum atomic E-state index is -4.50. The summed E-state index contributed by atoms with van der Waals surface area (Å²) in [5.41, 5.74) is -2.12. The number of rotatable bonds is 1. The molecule has 1 heterocycles. The molecule has 0 saturated carbocycles. The van der Waals surface area contributed by atoms with Crippen molar-refractivity contribution in [2.45, 2.75) is 6.18 Å². The van der Waals surface area contributed by atoms with Crippen molar-refractivity contribution >= 4 is 15.9 Å². The Labute approximate surface area is 119 Å². The molecule has 2 aromatic rings. The molecule has 0 aliphatic heterocycles. The van der Waals surface area contributed by atoms with Gasteiger partial charge in [0, 0.05) is 13.2 Å². The highest BCUT2D eigenvalue weighted by Crippen LogP contribution is 2.30. The van der Waals surface area contributed by atoms with Crippen LogP contribution < -0.4 is 11.2 Å². The largest absolute Gasteiger partial charge is 0.416 e. The Kier molecular flexibility index (Phi) is 3.59. The average molecular weight is 349 g/mol. The highest BCUT2D eigenvalue weighted by molar-refractivity contribution is 9.10. The van der Waals surface area contributed by atoms with Gasteiger partial charge in [0.2, 0.25) is 0 Å². The summed E-state index contributed by atoms with van der Waals surface area (Å²) in [7, 11) is 1.25. The Hall–Kier alpha value is -1.83. The van der Waals surface area contributed by atoms with Gasteiger partial charge in [0.05, 0.1) is 15.7 Å². The van der Waals surface area contributed by atoms with E-state index in [1.807, 2.05) is 0 Å². The fourth-order valence-electron chi connectivity index (χ4n) is 1.65. The van der Waals surface area contributed by atoms with Crippen molar-refractivity contribution in [3.63, 3.8) is 0 Å². The summed E-state index contributed by atoms with van der Waals surface area (Å²) in [6.07, 6.45) is -3.35. The first-order valence-corrected chi connectivity index (χ1v) is 6.17. The lowest BCUT2D eigenvalue weighted by Crippen LogP contribution is -2.37. The van der Waals surface area contributed by atoms with Crippen LogP contribution in [0.4, 0.5) is 13.2 Å². The summed E-state index contributed by atoms with van der Waals surface area (Å²) in [6.45, 7) is 0. The van der Waals surface area contributed by atoms with Crippen LogP contribution in [-0.2, 0) is 13.2 Å². The fourth-order valence-corrected chi connectivity index (χ4v) is 2.12. The zero-order valence-corrected chi connectivity index (χ0v) is 11.7. The number of aromatic nitrogens is 2. The maximum absolute atomic E-state index is 12.7. The summed E-state index contributed by atoms with van der Waals surface area (Å²) in [6, 6.07) is 4.31. The van der Waals surface area contributed by atoms with E-state index in [2.05, 4.69) is 15.9 Å². The molecule has 0 fully saturated rings. The van der Waals surface area contributed by atoms with Gasteiger partial charge in [-0.15, -0.1) is 0 Å². The Balaban J connectivity index is 2.70. The van der Waals surface area contributed by atoms with Crippen LogP contribution in [0.2, 0.25) is 0 Å². The molecule has 0 amide bonds. The molecule has 0 spiro atoms. The summed E-state index contributed by atoms with van der Waals surface area (Å²) >= 11 is 2.97. The molecule has 4 nitrogen and oxygen atoms in total. The van der Waals surface area contributed by atoms with Crippen molar-refractivity contribution in [1.29, 1.82) is 0 Å². The number of hydrogen-bond acceptors (Lipinski definition) is 2. The van der Waals surface area contributed by atoms with Gasteiger partial charge in [0.1, 0.15) is 0 Å². The first-order valence-electron chi connectivity index (χ1n) is 5.37. The number of alkyl halides is 3. The quantitative estimate of drug-likeness (QED) is 0.793. The highest BCUT2D eigenvalue weighted by Gasteiger charge is 2.30. The van der Waals surface area contributed by atoms with Crippen molar-refractivity contribution < 1.29 is 13.2 Å². The molecular formula is C12H8BrF3N2O2. The van der Waals surface area contributed by atoms with E-state index >= 15 is 0 Å². The Morgan fingerprint density at radius 1 is 1.20 bits per heavy atom. The average Bonchev–Trinajstić information content (AvgIpc) is 2.40. The molecule has 0 atom stereocenters. The van der Waals surface area contributed by atoms with Crippen LogP contribution in [0.25, 0.3) is 5.69 Å². The van der Waals surface area contributed by atoms with Crippen molar-refractivity contribution in [2.75, 3.05) is 0 Å². The molecule has 2 rings (SSSR count). The van der Waals surface area contributed by atoms with Gasteiger partial charge in [-0.25, -0.2) is 4.79 Å².